The summed E-state index contributed by atoms with van der Waals surface area (Å²) in [5, 5.41) is 10.7. The monoisotopic (exact) mass is 274 g/mol. The first-order valence-corrected chi connectivity index (χ1v) is 6.24. The van der Waals surface area contributed by atoms with Crippen molar-refractivity contribution in [3.05, 3.63) is 71.5 Å². The third-order valence-corrected chi connectivity index (χ3v) is 3.16. The van der Waals surface area contributed by atoms with E-state index in [1.54, 1.807) is 30.3 Å². The van der Waals surface area contributed by atoms with Crippen molar-refractivity contribution >= 4 is 11.0 Å². The minimum atomic E-state index is -0.941. The van der Waals surface area contributed by atoms with E-state index >= 15 is 0 Å². The third kappa shape index (κ3) is 2.42. The van der Waals surface area contributed by atoms with E-state index < -0.39 is 11.9 Å². The molecular weight excluding hydrogens is 262 g/mol. The van der Waals surface area contributed by atoms with Crippen LogP contribution in [0.1, 0.15) is 17.4 Å². The van der Waals surface area contributed by atoms with E-state index in [2.05, 4.69) is 0 Å². The predicted octanol–water partition coefficient (Wildman–Crippen LogP) is 3.99. The van der Waals surface area contributed by atoms with Crippen molar-refractivity contribution in [2.45, 2.75) is 12.5 Å². The summed E-state index contributed by atoms with van der Waals surface area (Å²) in [4.78, 5) is 0. The van der Waals surface area contributed by atoms with Gasteiger partial charge >= 0.3 is 0 Å². The zero-order valence-electron chi connectivity index (χ0n) is 10.5. The van der Waals surface area contributed by atoms with Crippen LogP contribution in [0, 0.1) is 11.6 Å². The Morgan fingerprint density at radius 1 is 1.05 bits per heavy atom. The van der Waals surface area contributed by atoms with Crippen molar-refractivity contribution in [3.8, 4) is 0 Å². The molecule has 0 fully saturated rings. The molecule has 3 aromatic rings. The first-order chi connectivity index (χ1) is 9.63. The Morgan fingerprint density at radius 3 is 2.60 bits per heavy atom. The SMILES string of the molecule is OC(Cc1cccc(F)c1)c1cc2cccc(F)c2o1. The van der Waals surface area contributed by atoms with Gasteiger partial charge in [0.1, 0.15) is 17.7 Å². The summed E-state index contributed by atoms with van der Waals surface area (Å²) in [5.41, 5.74) is 0.777. The fraction of sp³-hybridized carbons (Fsp3) is 0.125. The van der Waals surface area contributed by atoms with Gasteiger partial charge in [0, 0.05) is 11.8 Å². The molecule has 4 heteroatoms. The van der Waals surface area contributed by atoms with Gasteiger partial charge in [-0.3, -0.25) is 0 Å². The van der Waals surface area contributed by atoms with Crippen LogP contribution in [0.25, 0.3) is 11.0 Å². The summed E-state index contributed by atoms with van der Waals surface area (Å²) in [5.74, 6) is -0.550. The van der Waals surface area contributed by atoms with E-state index in [0.29, 0.717) is 10.9 Å². The largest absolute Gasteiger partial charge is 0.455 e. The second-order valence-electron chi connectivity index (χ2n) is 4.66. The standard InChI is InChI=1S/C16H12F2O2/c17-12-5-1-3-10(7-12)8-14(19)15-9-11-4-2-6-13(18)16(11)20-15/h1-7,9,14,19H,8H2. The summed E-state index contributed by atoms with van der Waals surface area (Å²) in [6.45, 7) is 0. The number of halogens is 2. The van der Waals surface area contributed by atoms with Crippen LogP contribution in [0.3, 0.4) is 0 Å². The highest BCUT2D eigenvalue weighted by Crippen LogP contribution is 2.27. The Balaban J connectivity index is 1.89. The van der Waals surface area contributed by atoms with Gasteiger partial charge in [0.15, 0.2) is 11.4 Å². The van der Waals surface area contributed by atoms with E-state index in [1.165, 1.54) is 18.2 Å². The van der Waals surface area contributed by atoms with Crippen molar-refractivity contribution < 1.29 is 18.3 Å². The third-order valence-electron chi connectivity index (χ3n) is 3.16. The minimum Gasteiger partial charge on any atom is -0.455 e. The van der Waals surface area contributed by atoms with Crippen LogP contribution in [0.4, 0.5) is 8.78 Å². The number of benzene rings is 2. The molecular formula is C16H12F2O2. The van der Waals surface area contributed by atoms with E-state index in [9.17, 15) is 13.9 Å². The molecule has 1 unspecified atom stereocenters. The molecule has 1 N–H and O–H groups in total. The first-order valence-electron chi connectivity index (χ1n) is 6.24. The lowest BCUT2D eigenvalue weighted by atomic mass is 10.1. The number of rotatable bonds is 3. The van der Waals surface area contributed by atoms with Crippen LogP contribution >= 0.6 is 0 Å². The zero-order valence-corrected chi connectivity index (χ0v) is 10.5. The second-order valence-corrected chi connectivity index (χ2v) is 4.66. The maximum atomic E-state index is 13.5. The van der Waals surface area contributed by atoms with E-state index in [1.807, 2.05) is 0 Å². The van der Waals surface area contributed by atoms with Gasteiger partial charge in [-0.25, -0.2) is 8.78 Å². The molecule has 0 saturated heterocycles. The Bertz CT molecular complexity index is 749. The highest BCUT2D eigenvalue weighted by Gasteiger charge is 2.16. The molecule has 2 nitrogen and oxygen atoms in total. The molecule has 0 aliphatic carbocycles. The van der Waals surface area contributed by atoms with Crippen molar-refractivity contribution in [1.29, 1.82) is 0 Å². The van der Waals surface area contributed by atoms with Crippen LogP contribution in [0.2, 0.25) is 0 Å². The van der Waals surface area contributed by atoms with Crippen LogP contribution in [0.5, 0.6) is 0 Å². The molecule has 2 aromatic carbocycles. The van der Waals surface area contributed by atoms with Crippen LogP contribution in [-0.4, -0.2) is 5.11 Å². The highest BCUT2D eigenvalue weighted by atomic mass is 19.1. The molecule has 3 rings (SSSR count). The van der Waals surface area contributed by atoms with Gasteiger partial charge in [0.05, 0.1) is 0 Å². The molecule has 0 amide bonds. The number of aliphatic hydroxyl groups is 1. The normalized spacial score (nSPS) is 12.8. The molecule has 0 radical (unpaired) electrons. The molecule has 102 valence electrons. The predicted molar refractivity (Wildman–Crippen MR) is 71.2 cm³/mol. The summed E-state index contributed by atoms with van der Waals surface area (Å²) in [6.07, 6.45) is -0.734. The lowest BCUT2D eigenvalue weighted by molar-refractivity contribution is 0.152. The molecule has 0 spiro atoms. The van der Waals surface area contributed by atoms with Gasteiger partial charge in [-0.05, 0) is 29.8 Å². The highest BCUT2D eigenvalue weighted by molar-refractivity contribution is 5.78. The Kier molecular flexibility index (Phi) is 3.24. The van der Waals surface area contributed by atoms with Gasteiger partial charge in [0.25, 0.3) is 0 Å². The van der Waals surface area contributed by atoms with E-state index in [-0.39, 0.29) is 23.6 Å². The van der Waals surface area contributed by atoms with Crippen molar-refractivity contribution in [2.75, 3.05) is 0 Å². The number of hydrogen-bond donors (Lipinski definition) is 1. The molecule has 1 heterocycles. The topological polar surface area (TPSA) is 33.4 Å². The molecule has 1 atom stereocenters. The molecule has 0 aliphatic rings. The summed E-state index contributed by atoms with van der Waals surface area (Å²) >= 11 is 0. The van der Waals surface area contributed by atoms with Crippen molar-refractivity contribution in [1.82, 2.24) is 0 Å². The number of para-hydroxylation sites is 1. The minimum absolute atomic E-state index is 0.126. The van der Waals surface area contributed by atoms with Gasteiger partial charge in [-0.15, -0.1) is 0 Å². The quantitative estimate of drug-likeness (QED) is 0.783. The smallest absolute Gasteiger partial charge is 0.170 e. The number of furan rings is 1. The Hall–Kier alpha value is -2.20. The maximum absolute atomic E-state index is 13.5. The molecule has 0 aliphatic heterocycles. The lowest BCUT2D eigenvalue weighted by Gasteiger charge is -2.07. The summed E-state index contributed by atoms with van der Waals surface area (Å²) in [7, 11) is 0. The summed E-state index contributed by atoms with van der Waals surface area (Å²) < 4.78 is 31.9. The van der Waals surface area contributed by atoms with Gasteiger partial charge in [-0.1, -0.05) is 24.3 Å². The van der Waals surface area contributed by atoms with Gasteiger partial charge in [-0.2, -0.15) is 0 Å². The van der Waals surface area contributed by atoms with Crippen LogP contribution in [0.15, 0.2) is 52.9 Å². The summed E-state index contributed by atoms with van der Waals surface area (Å²) in [6, 6.07) is 12.2. The molecule has 20 heavy (non-hydrogen) atoms. The first kappa shape index (κ1) is 12.8. The Labute approximate surface area is 114 Å². The molecule has 0 saturated carbocycles. The average molecular weight is 274 g/mol. The number of aliphatic hydroxyl groups excluding tert-OH is 1. The van der Waals surface area contributed by atoms with E-state index in [0.717, 1.165) is 0 Å². The lowest BCUT2D eigenvalue weighted by Crippen LogP contribution is -2.00. The average Bonchev–Trinajstić information content (AvgIpc) is 2.84. The molecule has 0 bridgehead atoms. The number of fused-ring (bicyclic) bond motifs is 1. The van der Waals surface area contributed by atoms with Crippen molar-refractivity contribution in [3.63, 3.8) is 0 Å². The Morgan fingerprint density at radius 2 is 1.85 bits per heavy atom. The molecule has 1 aromatic heterocycles. The zero-order chi connectivity index (χ0) is 14.1. The van der Waals surface area contributed by atoms with Gasteiger partial charge < -0.3 is 9.52 Å². The number of hydrogen-bond acceptors (Lipinski definition) is 2. The second kappa shape index (κ2) is 5.06. The van der Waals surface area contributed by atoms with Gasteiger partial charge in [0.2, 0.25) is 0 Å². The van der Waals surface area contributed by atoms with Crippen LogP contribution < -0.4 is 0 Å². The fourth-order valence-electron chi connectivity index (χ4n) is 2.20. The van der Waals surface area contributed by atoms with Crippen molar-refractivity contribution in [2.24, 2.45) is 0 Å². The van der Waals surface area contributed by atoms with Crippen LogP contribution in [-0.2, 0) is 6.42 Å². The maximum Gasteiger partial charge on any atom is 0.170 e. The fourth-order valence-corrected chi connectivity index (χ4v) is 2.20. The van der Waals surface area contributed by atoms with E-state index in [4.69, 9.17) is 4.42 Å².